The Balaban J connectivity index is 2.59. The molecule has 0 saturated carbocycles. The van der Waals surface area contributed by atoms with Gasteiger partial charge in [0.25, 0.3) is 0 Å². The average molecular weight is 267 g/mol. The molecule has 1 rings (SSSR count). The lowest BCUT2D eigenvalue weighted by atomic mass is 10.1. The Hall–Kier alpha value is -1.32. The third kappa shape index (κ3) is 4.17. The molecule has 0 fully saturated rings. The lowest BCUT2D eigenvalue weighted by Crippen LogP contribution is -2.37. The van der Waals surface area contributed by atoms with Crippen LogP contribution in [0.1, 0.15) is 18.5 Å². The second kappa shape index (κ2) is 7.19. The number of halogens is 1. The average Bonchev–Trinajstić information content (AvgIpc) is 2.38. The van der Waals surface area contributed by atoms with E-state index in [0.29, 0.717) is 18.1 Å². The van der Waals surface area contributed by atoms with Gasteiger partial charge in [0, 0.05) is 18.6 Å². The molecule has 0 aliphatic rings. The molecule has 0 aliphatic heterocycles. The van der Waals surface area contributed by atoms with Gasteiger partial charge in [0.15, 0.2) is 0 Å². The van der Waals surface area contributed by atoms with Gasteiger partial charge < -0.3 is 10.2 Å². The molecule has 0 saturated heterocycles. The van der Waals surface area contributed by atoms with E-state index >= 15 is 0 Å². The summed E-state index contributed by atoms with van der Waals surface area (Å²) in [5, 5.41) is 3.70. The van der Waals surface area contributed by atoms with E-state index < -0.39 is 0 Å². The van der Waals surface area contributed by atoms with Crippen molar-refractivity contribution in [3.8, 4) is 0 Å². The second-order valence-corrected chi connectivity index (χ2v) is 4.59. The van der Waals surface area contributed by atoms with Gasteiger partial charge in [-0.2, -0.15) is 0 Å². The first-order chi connectivity index (χ1) is 8.56. The van der Waals surface area contributed by atoms with Gasteiger partial charge in [-0.15, -0.1) is 6.58 Å². The molecular weight excluding hydrogens is 248 g/mol. The summed E-state index contributed by atoms with van der Waals surface area (Å²) >= 11 is 5.84. The first-order valence-electron chi connectivity index (χ1n) is 5.89. The SMILES string of the molecule is C=CCNCC(=O)N(C)C(C)c1ccc(Cl)cc1. The lowest BCUT2D eigenvalue weighted by molar-refractivity contribution is -0.130. The van der Waals surface area contributed by atoms with Crippen molar-refractivity contribution in [3.05, 3.63) is 47.5 Å². The summed E-state index contributed by atoms with van der Waals surface area (Å²) in [6, 6.07) is 7.57. The lowest BCUT2D eigenvalue weighted by Gasteiger charge is -2.25. The molecule has 3 nitrogen and oxygen atoms in total. The zero-order chi connectivity index (χ0) is 13.5. The first-order valence-corrected chi connectivity index (χ1v) is 6.26. The summed E-state index contributed by atoms with van der Waals surface area (Å²) in [6.45, 7) is 6.54. The summed E-state index contributed by atoms with van der Waals surface area (Å²) in [5.41, 5.74) is 1.07. The molecule has 18 heavy (non-hydrogen) atoms. The van der Waals surface area contributed by atoms with Crippen molar-refractivity contribution in [2.75, 3.05) is 20.1 Å². The van der Waals surface area contributed by atoms with Crippen molar-refractivity contribution in [2.45, 2.75) is 13.0 Å². The summed E-state index contributed by atoms with van der Waals surface area (Å²) < 4.78 is 0. The number of benzene rings is 1. The Morgan fingerprint density at radius 2 is 2.11 bits per heavy atom. The molecule has 1 unspecified atom stereocenters. The number of likely N-dealkylation sites (N-methyl/N-ethyl adjacent to an activating group) is 1. The molecular formula is C14H19ClN2O. The van der Waals surface area contributed by atoms with Gasteiger partial charge in [0.05, 0.1) is 12.6 Å². The number of hydrogen-bond donors (Lipinski definition) is 1. The van der Waals surface area contributed by atoms with E-state index in [0.717, 1.165) is 5.56 Å². The van der Waals surface area contributed by atoms with Crippen molar-refractivity contribution in [1.82, 2.24) is 10.2 Å². The van der Waals surface area contributed by atoms with E-state index in [-0.39, 0.29) is 11.9 Å². The third-order valence-corrected chi connectivity index (χ3v) is 3.14. The van der Waals surface area contributed by atoms with Gasteiger partial charge in [-0.1, -0.05) is 29.8 Å². The molecule has 0 aromatic heterocycles. The Morgan fingerprint density at radius 3 is 2.67 bits per heavy atom. The highest BCUT2D eigenvalue weighted by Gasteiger charge is 2.16. The minimum absolute atomic E-state index is 0.0281. The Labute approximate surface area is 113 Å². The van der Waals surface area contributed by atoms with Crippen LogP contribution < -0.4 is 5.32 Å². The van der Waals surface area contributed by atoms with Crippen LogP contribution in [-0.4, -0.2) is 30.9 Å². The van der Waals surface area contributed by atoms with Crippen LogP contribution in [0.3, 0.4) is 0 Å². The second-order valence-electron chi connectivity index (χ2n) is 4.15. The molecule has 0 heterocycles. The van der Waals surface area contributed by atoms with Crippen LogP contribution in [0.25, 0.3) is 0 Å². The molecule has 4 heteroatoms. The number of carbonyl (C=O) groups is 1. The normalized spacial score (nSPS) is 11.9. The van der Waals surface area contributed by atoms with E-state index in [2.05, 4.69) is 11.9 Å². The van der Waals surface area contributed by atoms with Crippen LogP contribution in [0.15, 0.2) is 36.9 Å². The van der Waals surface area contributed by atoms with Gasteiger partial charge >= 0.3 is 0 Å². The molecule has 98 valence electrons. The fourth-order valence-electron chi connectivity index (χ4n) is 1.59. The van der Waals surface area contributed by atoms with Crippen molar-refractivity contribution in [3.63, 3.8) is 0 Å². The molecule has 0 radical (unpaired) electrons. The van der Waals surface area contributed by atoms with E-state index in [4.69, 9.17) is 11.6 Å². The van der Waals surface area contributed by atoms with Crippen LogP contribution in [0.2, 0.25) is 5.02 Å². The number of carbonyl (C=O) groups excluding carboxylic acids is 1. The smallest absolute Gasteiger partial charge is 0.236 e. The van der Waals surface area contributed by atoms with E-state index in [1.165, 1.54) is 0 Å². The fraction of sp³-hybridized carbons (Fsp3) is 0.357. The summed E-state index contributed by atoms with van der Waals surface area (Å²) in [4.78, 5) is 13.6. The standard InChI is InChI=1S/C14H19ClN2O/c1-4-9-16-10-14(18)17(3)11(2)12-5-7-13(15)8-6-12/h4-8,11,16H,1,9-10H2,2-3H3. The van der Waals surface area contributed by atoms with E-state index in [1.807, 2.05) is 31.2 Å². The molecule has 1 amide bonds. The van der Waals surface area contributed by atoms with Crippen molar-refractivity contribution < 1.29 is 4.79 Å². The summed E-state index contributed by atoms with van der Waals surface area (Å²) in [6.07, 6.45) is 1.73. The third-order valence-electron chi connectivity index (χ3n) is 2.89. The maximum absolute atomic E-state index is 11.9. The number of nitrogens with zero attached hydrogens (tertiary/aromatic N) is 1. The molecule has 1 aromatic carbocycles. The number of rotatable bonds is 6. The molecule has 0 spiro atoms. The largest absolute Gasteiger partial charge is 0.338 e. The topological polar surface area (TPSA) is 32.3 Å². The quantitative estimate of drug-likeness (QED) is 0.634. The minimum Gasteiger partial charge on any atom is -0.338 e. The highest BCUT2D eigenvalue weighted by atomic mass is 35.5. The van der Waals surface area contributed by atoms with E-state index in [9.17, 15) is 4.79 Å². The molecule has 1 N–H and O–H groups in total. The molecule has 1 aromatic rings. The predicted molar refractivity (Wildman–Crippen MR) is 75.7 cm³/mol. The van der Waals surface area contributed by atoms with Gasteiger partial charge in [0.1, 0.15) is 0 Å². The number of nitrogens with one attached hydrogen (secondary N) is 1. The number of amides is 1. The zero-order valence-corrected chi connectivity index (χ0v) is 11.6. The fourth-order valence-corrected chi connectivity index (χ4v) is 1.71. The van der Waals surface area contributed by atoms with Crippen LogP contribution in [0.5, 0.6) is 0 Å². The van der Waals surface area contributed by atoms with Crippen molar-refractivity contribution in [1.29, 1.82) is 0 Å². The summed E-state index contributed by atoms with van der Waals surface area (Å²) in [5.74, 6) is 0.0549. The molecule has 0 aliphatic carbocycles. The maximum Gasteiger partial charge on any atom is 0.236 e. The monoisotopic (exact) mass is 266 g/mol. The van der Waals surface area contributed by atoms with Crippen LogP contribution in [0.4, 0.5) is 0 Å². The Bertz CT molecular complexity index is 403. The van der Waals surface area contributed by atoms with Gasteiger partial charge in [-0.25, -0.2) is 0 Å². The zero-order valence-electron chi connectivity index (χ0n) is 10.8. The van der Waals surface area contributed by atoms with Gasteiger partial charge in [0.2, 0.25) is 5.91 Å². The van der Waals surface area contributed by atoms with Crippen molar-refractivity contribution in [2.24, 2.45) is 0 Å². The Kier molecular flexibility index (Phi) is 5.89. The van der Waals surface area contributed by atoms with Crippen molar-refractivity contribution >= 4 is 17.5 Å². The van der Waals surface area contributed by atoms with Crippen LogP contribution >= 0.6 is 11.6 Å². The predicted octanol–water partition coefficient (Wildman–Crippen LogP) is 2.64. The van der Waals surface area contributed by atoms with E-state index in [1.54, 1.807) is 18.0 Å². The van der Waals surface area contributed by atoms with Crippen LogP contribution in [-0.2, 0) is 4.79 Å². The van der Waals surface area contributed by atoms with Crippen LogP contribution in [0, 0.1) is 0 Å². The first kappa shape index (κ1) is 14.7. The minimum atomic E-state index is 0.0281. The highest BCUT2D eigenvalue weighted by Crippen LogP contribution is 2.20. The van der Waals surface area contributed by atoms with Gasteiger partial charge in [-0.3, -0.25) is 4.79 Å². The summed E-state index contributed by atoms with van der Waals surface area (Å²) in [7, 11) is 1.80. The van der Waals surface area contributed by atoms with Gasteiger partial charge in [-0.05, 0) is 24.6 Å². The maximum atomic E-state index is 11.9. The number of hydrogen-bond acceptors (Lipinski definition) is 2. The molecule has 0 bridgehead atoms. The highest BCUT2D eigenvalue weighted by molar-refractivity contribution is 6.30. The Morgan fingerprint density at radius 1 is 1.50 bits per heavy atom. The molecule has 1 atom stereocenters.